The van der Waals surface area contributed by atoms with Gasteiger partial charge >= 0.3 is 5.97 Å². The third-order valence-electron chi connectivity index (χ3n) is 6.18. The molecule has 1 unspecified atom stereocenters. The molecule has 0 amide bonds. The molecule has 1 heterocycles. The first-order valence-electron chi connectivity index (χ1n) is 11.1. The predicted molar refractivity (Wildman–Crippen MR) is 129 cm³/mol. The van der Waals surface area contributed by atoms with E-state index in [4.69, 9.17) is 9.15 Å². The van der Waals surface area contributed by atoms with Crippen LogP contribution in [0.1, 0.15) is 58.7 Å². The van der Waals surface area contributed by atoms with Gasteiger partial charge in [-0.15, -0.1) is 10.2 Å². The molecule has 1 N–H and O–H groups in total. The van der Waals surface area contributed by atoms with Crippen LogP contribution >= 0.6 is 0 Å². The number of hydrogen-bond acceptors (Lipinski definition) is 7. The van der Waals surface area contributed by atoms with Gasteiger partial charge in [0.1, 0.15) is 0 Å². The molecule has 0 aliphatic carbocycles. The Kier molecular flexibility index (Phi) is 7.57. The van der Waals surface area contributed by atoms with Crippen LogP contribution in [0.5, 0.6) is 0 Å². The molecule has 1 atom stereocenters. The minimum atomic E-state index is -3.79. The number of esters is 1. The van der Waals surface area contributed by atoms with Crippen LogP contribution < -0.4 is 4.72 Å². The van der Waals surface area contributed by atoms with E-state index in [9.17, 15) is 13.2 Å². The molecule has 182 valence electrons. The number of hydrogen-bond donors (Lipinski definition) is 1. The summed E-state index contributed by atoms with van der Waals surface area (Å²) in [4.78, 5) is 12.6. The SMILES string of the molecule is Cc1cccc(-c2nnc(C(C)OC(=O)CCNS(=O)(=O)c3c(C)c(C)c(C)c(C)c3C)o2)c1. The maximum atomic E-state index is 13.0. The number of aromatic nitrogens is 2. The summed E-state index contributed by atoms with van der Waals surface area (Å²) in [7, 11) is -3.79. The number of sulfonamides is 1. The first-order valence-corrected chi connectivity index (χ1v) is 12.6. The molecule has 3 rings (SSSR count). The Labute approximate surface area is 200 Å². The summed E-state index contributed by atoms with van der Waals surface area (Å²) in [6.45, 7) is 12.9. The molecule has 3 aromatic rings. The molecule has 1 aromatic heterocycles. The Morgan fingerprint density at radius 1 is 1.00 bits per heavy atom. The van der Waals surface area contributed by atoms with Crippen molar-refractivity contribution >= 4 is 16.0 Å². The van der Waals surface area contributed by atoms with E-state index in [0.717, 1.165) is 27.8 Å². The van der Waals surface area contributed by atoms with Crippen molar-refractivity contribution in [3.63, 3.8) is 0 Å². The van der Waals surface area contributed by atoms with Crippen molar-refractivity contribution in [3.05, 3.63) is 63.5 Å². The minimum Gasteiger partial charge on any atom is -0.453 e. The van der Waals surface area contributed by atoms with E-state index in [2.05, 4.69) is 14.9 Å². The molecule has 34 heavy (non-hydrogen) atoms. The number of nitrogens with zero attached hydrogens (tertiary/aromatic N) is 2. The third-order valence-corrected chi connectivity index (χ3v) is 7.92. The van der Waals surface area contributed by atoms with Crippen molar-refractivity contribution in [2.75, 3.05) is 6.54 Å². The van der Waals surface area contributed by atoms with Gasteiger partial charge in [0.05, 0.1) is 11.3 Å². The standard InChI is InChI=1S/C25H31N3O5S/c1-14-9-8-10-21(13-14)25-28-27-24(33-25)20(7)32-22(29)11-12-26-34(30,31)23-18(5)16(3)15(2)17(4)19(23)6/h8-10,13,20,26H,11-12H2,1-7H3. The Balaban J connectivity index is 1.61. The van der Waals surface area contributed by atoms with Crippen LogP contribution in [0.15, 0.2) is 33.6 Å². The maximum absolute atomic E-state index is 13.0. The van der Waals surface area contributed by atoms with Gasteiger partial charge in [0.25, 0.3) is 5.89 Å². The molecule has 8 nitrogen and oxygen atoms in total. The zero-order valence-corrected chi connectivity index (χ0v) is 21.5. The normalized spacial score (nSPS) is 12.6. The molecule has 0 aliphatic rings. The summed E-state index contributed by atoms with van der Waals surface area (Å²) in [5.74, 6) is -0.0682. The highest BCUT2D eigenvalue weighted by molar-refractivity contribution is 7.89. The van der Waals surface area contributed by atoms with E-state index < -0.39 is 22.1 Å². The third kappa shape index (κ3) is 5.37. The molecule has 0 saturated heterocycles. The zero-order chi connectivity index (χ0) is 25.2. The number of rotatable bonds is 8. The van der Waals surface area contributed by atoms with Gasteiger partial charge in [0, 0.05) is 12.1 Å². The fraction of sp³-hybridized carbons (Fsp3) is 0.400. The van der Waals surface area contributed by atoms with E-state index in [1.807, 2.05) is 52.0 Å². The van der Waals surface area contributed by atoms with Crippen molar-refractivity contribution in [1.82, 2.24) is 14.9 Å². The number of ether oxygens (including phenoxy) is 1. The molecule has 2 aromatic carbocycles. The first kappa shape index (κ1) is 25.6. The first-order chi connectivity index (χ1) is 15.9. The summed E-state index contributed by atoms with van der Waals surface area (Å²) in [5, 5.41) is 7.99. The van der Waals surface area contributed by atoms with Crippen LogP contribution in [0.25, 0.3) is 11.5 Å². The molecule has 0 fully saturated rings. The number of aryl methyl sites for hydroxylation is 1. The Morgan fingerprint density at radius 3 is 2.24 bits per heavy atom. The second-order valence-electron chi connectivity index (χ2n) is 8.55. The van der Waals surface area contributed by atoms with Gasteiger partial charge in [-0.2, -0.15) is 0 Å². The number of benzene rings is 2. The van der Waals surface area contributed by atoms with E-state index in [1.54, 1.807) is 20.8 Å². The molecule has 0 aliphatic heterocycles. The molecule has 0 radical (unpaired) electrons. The number of nitrogens with one attached hydrogen (secondary N) is 1. The lowest BCUT2D eigenvalue weighted by Crippen LogP contribution is -2.28. The minimum absolute atomic E-state index is 0.0862. The van der Waals surface area contributed by atoms with E-state index in [-0.39, 0.29) is 23.8 Å². The molecular weight excluding hydrogens is 454 g/mol. The average Bonchev–Trinajstić information content (AvgIpc) is 3.27. The Bertz CT molecular complexity index is 1300. The Morgan fingerprint density at radius 2 is 1.62 bits per heavy atom. The highest BCUT2D eigenvalue weighted by Gasteiger charge is 2.24. The second kappa shape index (κ2) is 10.1. The van der Waals surface area contributed by atoms with Crippen molar-refractivity contribution in [3.8, 4) is 11.5 Å². The summed E-state index contributed by atoms with van der Waals surface area (Å²) in [6, 6.07) is 7.62. The van der Waals surface area contributed by atoms with Crippen LogP contribution in [0.2, 0.25) is 0 Å². The maximum Gasteiger partial charge on any atom is 0.307 e. The summed E-state index contributed by atoms with van der Waals surface area (Å²) >= 11 is 0. The highest BCUT2D eigenvalue weighted by atomic mass is 32.2. The van der Waals surface area contributed by atoms with Gasteiger partial charge in [-0.25, -0.2) is 13.1 Å². The lowest BCUT2D eigenvalue weighted by molar-refractivity contribution is -0.149. The fourth-order valence-electron chi connectivity index (χ4n) is 3.83. The summed E-state index contributed by atoms with van der Waals surface area (Å²) in [5.41, 5.74) is 6.23. The van der Waals surface area contributed by atoms with Crippen molar-refractivity contribution in [2.24, 2.45) is 0 Å². The van der Waals surface area contributed by atoms with E-state index in [0.29, 0.717) is 17.0 Å². The Hall–Kier alpha value is -3.04. The average molecular weight is 486 g/mol. The van der Waals surface area contributed by atoms with E-state index in [1.165, 1.54) is 0 Å². The zero-order valence-electron chi connectivity index (χ0n) is 20.6. The predicted octanol–water partition coefficient (Wildman–Crippen LogP) is 4.56. The molecule has 0 spiro atoms. The summed E-state index contributed by atoms with van der Waals surface area (Å²) < 4.78 is 39.5. The second-order valence-corrected chi connectivity index (χ2v) is 10.3. The molecule has 0 bridgehead atoms. The van der Waals surface area contributed by atoms with Gasteiger partial charge in [0.2, 0.25) is 15.9 Å². The van der Waals surface area contributed by atoms with Crippen LogP contribution in [-0.2, 0) is 19.6 Å². The topological polar surface area (TPSA) is 111 Å². The largest absolute Gasteiger partial charge is 0.453 e. The molecule has 9 heteroatoms. The molecular formula is C25H31N3O5S. The van der Waals surface area contributed by atoms with Gasteiger partial charge in [-0.05, 0) is 88.4 Å². The monoisotopic (exact) mass is 485 g/mol. The van der Waals surface area contributed by atoms with E-state index >= 15 is 0 Å². The van der Waals surface area contributed by atoms with Crippen molar-refractivity contribution in [2.45, 2.75) is 65.9 Å². The highest BCUT2D eigenvalue weighted by Crippen LogP contribution is 2.29. The van der Waals surface area contributed by atoms with Crippen LogP contribution in [0, 0.1) is 41.5 Å². The number of carbonyl (C=O) groups is 1. The summed E-state index contributed by atoms with van der Waals surface area (Å²) in [6.07, 6.45) is -0.897. The van der Waals surface area contributed by atoms with Gasteiger partial charge in [-0.1, -0.05) is 17.7 Å². The van der Waals surface area contributed by atoms with Gasteiger partial charge in [0.15, 0.2) is 6.10 Å². The number of carbonyl (C=O) groups excluding carboxylic acids is 1. The fourth-order valence-corrected chi connectivity index (χ4v) is 5.46. The van der Waals surface area contributed by atoms with Crippen LogP contribution in [0.3, 0.4) is 0 Å². The van der Waals surface area contributed by atoms with Crippen LogP contribution in [0.4, 0.5) is 0 Å². The quantitative estimate of drug-likeness (QED) is 0.466. The van der Waals surface area contributed by atoms with Gasteiger partial charge < -0.3 is 9.15 Å². The smallest absolute Gasteiger partial charge is 0.307 e. The van der Waals surface area contributed by atoms with Gasteiger partial charge in [-0.3, -0.25) is 4.79 Å². The van der Waals surface area contributed by atoms with Crippen molar-refractivity contribution in [1.29, 1.82) is 0 Å². The lowest BCUT2D eigenvalue weighted by atomic mass is 9.95. The molecule has 0 saturated carbocycles. The lowest BCUT2D eigenvalue weighted by Gasteiger charge is -2.19. The van der Waals surface area contributed by atoms with Crippen molar-refractivity contribution < 1.29 is 22.4 Å². The van der Waals surface area contributed by atoms with Crippen LogP contribution in [-0.4, -0.2) is 31.1 Å².